The monoisotopic (exact) mass is 550 g/mol. The summed E-state index contributed by atoms with van der Waals surface area (Å²) in [5.41, 5.74) is 0.855. The number of halogens is 5. The second-order valence-corrected chi connectivity index (χ2v) is 10.7. The zero-order valence-electron chi connectivity index (χ0n) is 16.2. The summed E-state index contributed by atoms with van der Waals surface area (Å²) >= 11 is 29.8. The van der Waals surface area contributed by atoms with Crippen molar-refractivity contribution < 1.29 is 13.2 Å². The molecule has 0 spiro atoms. The van der Waals surface area contributed by atoms with Gasteiger partial charge in [0.05, 0.1) is 32.2 Å². The predicted octanol–water partition coefficient (Wildman–Crippen LogP) is 6.78. The maximum absolute atomic E-state index is 13.3. The van der Waals surface area contributed by atoms with Gasteiger partial charge in [-0.1, -0.05) is 70.1 Å². The van der Waals surface area contributed by atoms with E-state index in [2.05, 4.69) is 5.32 Å². The number of nitrogens with one attached hydrogen (secondary N) is 1. The first kappa shape index (κ1) is 25.1. The summed E-state index contributed by atoms with van der Waals surface area (Å²) in [6, 6.07) is 15.1. The standard InChI is InChI=1S/C21H15Cl5N2O3S/c22-14-3-1-13(2-4-14)11-28(32(30,31)16-7-5-15(23)6-8-16)12-21(29)27-20-10-18(25)17(24)9-19(20)26/h1-10H,11-12H2,(H,27,29). The van der Waals surface area contributed by atoms with Crippen molar-refractivity contribution in [3.63, 3.8) is 0 Å². The van der Waals surface area contributed by atoms with Gasteiger partial charge < -0.3 is 5.32 Å². The molecule has 0 unspecified atom stereocenters. The van der Waals surface area contributed by atoms with Gasteiger partial charge in [-0.05, 0) is 54.1 Å². The highest BCUT2D eigenvalue weighted by Crippen LogP contribution is 2.32. The molecule has 3 aromatic carbocycles. The molecule has 0 fully saturated rings. The lowest BCUT2D eigenvalue weighted by Gasteiger charge is -2.22. The second kappa shape index (κ2) is 10.6. The van der Waals surface area contributed by atoms with Crippen molar-refractivity contribution in [2.75, 3.05) is 11.9 Å². The number of rotatable bonds is 7. The molecule has 0 radical (unpaired) electrons. The molecule has 0 atom stereocenters. The van der Waals surface area contributed by atoms with Gasteiger partial charge in [-0.2, -0.15) is 4.31 Å². The topological polar surface area (TPSA) is 66.5 Å². The largest absolute Gasteiger partial charge is 0.324 e. The Balaban J connectivity index is 1.89. The molecule has 0 aliphatic rings. The average Bonchev–Trinajstić information content (AvgIpc) is 2.73. The lowest BCUT2D eigenvalue weighted by Crippen LogP contribution is -2.37. The summed E-state index contributed by atoms with van der Waals surface area (Å²) in [4.78, 5) is 12.8. The third-order valence-electron chi connectivity index (χ3n) is 4.33. The molecular formula is C21H15Cl5N2O3S. The Hall–Kier alpha value is -1.51. The maximum atomic E-state index is 13.3. The quantitative estimate of drug-likeness (QED) is 0.329. The van der Waals surface area contributed by atoms with Crippen molar-refractivity contribution in [3.05, 3.63) is 91.3 Å². The van der Waals surface area contributed by atoms with Gasteiger partial charge in [0.1, 0.15) is 0 Å². The second-order valence-electron chi connectivity index (χ2n) is 6.65. The molecule has 0 aromatic heterocycles. The van der Waals surface area contributed by atoms with Crippen molar-refractivity contribution in [3.8, 4) is 0 Å². The lowest BCUT2D eigenvalue weighted by atomic mass is 10.2. The van der Waals surface area contributed by atoms with Crippen LogP contribution < -0.4 is 5.32 Å². The lowest BCUT2D eigenvalue weighted by molar-refractivity contribution is -0.116. The summed E-state index contributed by atoms with van der Waals surface area (Å²) in [6.45, 7) is -0.547. The van der Waals surface area contributed by atoms with Crippen LogP contribution in [0.15, 0.2) is 65.6 Å². The Morgan fingerprint density at radius 3 is 1.91 bits per heavy atom. The van der Waals surface area contributed by atoms with E-state index < -0.39 is 22.5 Å². The first-order chi connectivity index (χ1) is 15.1. The van der Waals surface area contributed by atoms with Gasteiger partial charge in [-0.25, -0.2) is 8.42 Å². The zero-order chi connectivity index (χ0) is 23.5. The zero-order valence-corrected chi connectivity index (χ0v) is 20.8. The van der Waals surface area contributed by atoms with Crippen molar-refractivity contribution in [2.24, 2.45) is 0 Å². The van der Waals surface area contributed by atoms with Crippen molar-refractivity contribution in [1.29, 1.82) is 0 Å². The predicted molar refractivity (Wildman–Crippen MR) is 131 cm³/mol. The molecule has 0 aliphatic carbocycles. The van der Waals surface area contributed by atoms with Crippen LogP contribution in [-0.2, 0) is 21.4 Å². The van der Waals surface area contributed by atoms with Crippen LogP contribution in [0.2, 0.25) is 25.1 Å². The number of sulfonamides is 1. The van der Waals surface area contributed by atoms with E-state index in [4.69, 9.17) is 58.0 Å². The van der Waals surface area contributed by atoms with Gasteiger partial charge in [0, 0.05) is 16.6 Å². The molecule has 0 saturated carbocycles. The smallest absolute Gasteiger partial charge is 0.243 e. The van der Waals surface area contributed by atoms with Crippen LogP contribution in [0.25, 0.3) is 0 Å². The normalized spacial score (nSPS) is 11.6. The van der Waals surface area contributed by atoms with Crippen molar-refractivity contribution in [2.45, 2.75) is 11.4 Å². The summed E-state index contributed by atoms with van der Waals surface area (Å²) < 4.78 is 27.6. The summed E-state index contributed by atoms with van der Waals surface area (Å²) in [7, 11) is -4.04. The summed E-state index contributed by atoms with van der Waals surface area (Å²) in [5, 5.41) is 4.05. The molecule has 32 heavy (non-hydrogen) atoms. The Morgan fingerprint density at radius 2 is 1.31 bits per heavy atom. The molecule has 1 N–H and O–H groups in total. The van der Waals surface area contributed by atoms with Crippen LogP contribution >= 0.6 is 58.0 Å². The number of anilines is 1. The Morgan fingerprint density at radius 1 is 0.781 bits per heavy atom. The third kappa shape index (κ3) is 6.29. The van der Waals surface area contributed by atoms with Crippen LogP contribution in [0.5, 0.6) is 0 Å². The van der Waals surface area contributed by atoms with Gasteiger partial charge in [-0.3, -0.25) is 4.79 Å². The minimum atomic E-state index is -4.04. The average molecular weight is 553 g/mol. The minimum absolute atomic E-state index is 0.00349. The van der Waals surface area contributed by atoms with Crippen molar-refractivity contribution >= 4 is 79.6 Å². The maximum Gasteiger partial charge on any atom is 0.243 e. The summed E-state index contributed by atoms with van der Waals surface area (Å²) in [6.07, 6.45) is 0. The van der Waals surface area contributed by atoms with E-state index in [1.807, 2.05) is 0 Å². The molecule has 0 saturated heterocycles. The highest BCUT2D eigenvalue weighted by atomic mass is 35.5. The Kier molecular flexibility index (Phi) is 8.33. The van der Waals surface area contributed by atoms with Crippen LogP contribution in [-0.4, -0.2) is 25.2 Å². The number of benzene rings is 3. The molecule has 11 heteroatoms. The number of carbonyl (C=O) groups is 1. The molecule has 3 rings (SSSR count). The van der Waals surface area contributed by atoms with E-state index in [9.17, 15) is 13.2 Å². The SMILES string of the molecule is O=C(CN(Cc1ccc(Cl)cc1)S(=O)(=O)c1ccc(Cl)cc1)Nc1cc(Cl)c(Cl)cc1Cl. The third-order valence-corrected chi connectivity index (χ3v) is 7.67. The van der Waals surface area contributed by atoms with Crippen LogP contribution in [0.3, 0.4) is 0 Å². The Labute approximate surface area is 210 Å². The first-order valence-corrected chi connectivity index (χ1v) is 12.3. The van der Waals surface area contributed by atoms with Gasteiger partial charge >= 0.3 is 0 Å². The fraction of sp³-hybridized carbons (Fsp3) is 0.0952. The fourth-order valence-corrected chi connectivity index (χ4v) is 4.97. The van der Waals surface area contributed by atoms with E-state index >= 15 is 0 Å². The minimum Gasteiger partial charge on any atom is -0.324 e. The molecule has 1 amide bonds. The van der Waals surface area contributed by atoms with Crippen LogP contribution in [0, 0.1) is 0 Å². The van der Waals surface area contributed by atoms with Crippen LogP contribution in [0.4, 0.5) is 5.69 Å². The van der Waals surface area contributed by atoms with E-state index in [0.29, 0.717) is 15.6 Å². The van der Waals surface area contributed by atoms with E-state index in [0.717, 1.165) is 4.31 Å². The van der Waals surface area contributed by atoms with E-state index in [1.165, 1.54) is 36.4 Å². The number of amides is 1. The molecule has 0 heterocycles. The number of hydrogen-bond donors (Lipinski definition) is 1. The molecule has 168 valence electrons. The number of carbonyl (C=O) groups excluding carboxylic acids is 1. The first-order valence-electron chi connectivity index (χ1n) is 9.01. The number of nitrogens with zero attached hydrogens (tertiary/aromatic N) is 1. The van der Waals surface area contributed by atoms with Gasteiger partial charge in [0.2, 0.25) is 15.9 Å². The molecule has 0 bridgehead atoms. The molecule has 5 nitrogen and oxygen atoms in total. The van der Waals surface area contributed by atoms with Gasteiger partial charge in [0.15, 0.2) is 0 Å². The number of hydrogen-bond acceptors (Lipinski definition) is 3. The molecular weight excluding hydrogens is 538 g/mol. The molecule has 3 aromatic rings. The Bertz CT molecular complexity index is 1230. The molecule has 0 aliphatic heterocycles. The highest BCUT2D eigenvalue weighted by molar-refractivity contribution is 7.89. The highest BCUT2D eigenvalue weighted by Gasteiger charge is 2.27. The van der Waals surface area contributed by atoms with Crippen LogP contribution in [0.1, 0.15) is 5.56 Å². The fourth-order valence-electron chi connectivity index (χ4n) is 2.74. The van der Waals surface area contributed by atoms with Gasteiger partial charge in [0.25, 0.3) is 0 Å². The van der Waals surface area contributed by atoms with Gasteiger partial charge in [-0.15, -0.1) is 0 Å². The summed E-state index contributed by atoms with van der Waals surface area (Å²) in [5.74, 6) is -0.614. The van der Waals surface area contributed by atoms with Crippen molar-refractivity contribution in [1.82, 2.24) is 4.31 Å². The van der Waals surface area contributed by atoms with E-state index in [-0.39, 0.29) is 32.2 Å². The van der Waals surface area contributed by atoms with E-state index in [1.54, 1.807) is 24.3 Å².